The molecule has 3 aromatic rings. The lowest BCUT2D eigenvalue weighted by molar-refractivity contribution is -0.121. The molecule has 0 bridgehead atoms. The van der Waals surface area contributed by atoms with E-state index in [4.69, 9.17) is 4.74 Å². The maximum Gasteiger partial charge on any atom is 0.264 e. The predicted octanol–water partition coefficient (Wildman–Crippen LogP) is 3.35. The molecule has 0 saturated heterocycles. The summed E-state index contributed by atoms with van der Waals surface area (Å²) in [5.74, 6) is -1.01. The van der Waals surface area contributed by atoms with Gasteiger partial charge < -0.3 is 15.0 Å². The molecule has 4 amide bonds. The Labute approximate surface area is 205 Å². The van der Waals surface area contributed by atoms with Crippen LogP contribution in [0.2, 0.25) is 0 Å². The number of fused-ring (bicyclic) bond motifs is 2. The molecule has 0 fully saturated rings. The number of imide groups is 1. The second kappa shape index (κ2) is 8.62. The molecule has 5 rings (SSSR count). The number of hydrogen-bond donors (Lipinski definition) is 1. The largest absolute Gasteiger partial charge is 0.482 e. The molecule has 10 heteroatoms. The van der Waals surface area contributed by atoms with Crippen molar-refractivity contribution in [2.75, 3.05) is 23.9 Å². The highest BCUT2D eigenvalue weighted by molar-refractivity contribution is 7.16. The van der Waals surface area contributed by atoms with Crippen LogP contribution in [0.25, 0.3) is 11.3 Å². The zero-order valence-electron chi connectivity index (χ0n) is 19.3. The molecular weight excluding hydrogens is 468 g/mol. The topological polar surface area (TPSA) is 109 Å². The lowest BCUT2D eigenvalue weighted by Crippen LogP contribution is -2.45. The third kappa shape index (κ3) is 3.75. The van der Waals surface area contributed by atoms with E-state index in [0.717, 1.165) is 15.3 Å². The molecule has 9 nitrogen and oxygen atoms in total. The molecule has 1 N–H and O–H groups in total. The van der Waals surface area contributed by atoms with Crippen LogP contribution in [-0.4, -0.2) is 53.2 Å². The van der Waals surface area contributed by atoms with E-state index in [0.29, 0.717) is 39.8 Å². The first-order valence-electron chi connectivity index (χ1n) is 11.1. The summed E-state index contributed by atoms with van der Waals surface area (Å²) in [6, 6.07) is 11.0. The van der Waals surface area contributed by atoms with Crippen LogP contribution >= 0.6 is 11.3 Å². The Morgan fingerprint density at radius 3 is 2.49 bits per heavy atom. The smallest absolute Gasteiger partial charge is 0.264 e. The minimum atomic E-state index is -1.01. The van der Waals surface area contributed by atoms with E-state index in [9.17, 15) is 19.2 Å². The molecule has 0 spiro atoms. The maximum atomic E-state index is 13.0. The Bertz CT molecular complexity index is 1360. The molecule has 1 atom stereocenters. The quantitative estimate of drug-likeness (QED) is 0.550. The number of hydrogen-bond acceptors (Lipinski definition) is 7. The van der Waals surface area contributed by atoms with Crippen LogP contribution in [0, 0.1) is 0 Å². The van der Waals surface area contributed by atoms with Gasteiger partial charge in [0.25, 0.3) is 17.7 Å². The number of amides is 4. The molecule has 1 aromatic heterocycles. The van der Waals surface area contributed by atoms with Crippen LogP contribution in [0.15, 0.2) is 42.5 Å². The van der Waals surface area contributed by atoms with E-state index in [1.54, 1.807) is 42.3 Å². The van der Waals surface area contributed by atoms with Gasteiger partial charge in [-0.25, -0.2) is 4.98 Å². The van der Waals surface area contributed by atoms with Gasteiger partial charge in [-0.05, 0) is 43.7 Å². The third-order valence-electron chi connectivity index (χ3n) is 6.16. The maximum absolute atomic E-state index is 13.0. The highest BCUT2D eigenvalue weighted by atomic mass is 32.1. The summed E-state index contributed by atoms with van der Waals surface area (Å²) in [6.45, 7) is 3.50. The van der Waals surface area contributed by atoms with E-state index < -0.39 is 23.8 Å². The molecule has 2 aliphatic rings. The SMILES string of the molecule is CCc1sc(NC(=O)C(C)N2C(=O)c3ccccc3C2=O)nc1-c1ccc2c(c1)N(C)C(=O)CO2. The van der Waals surface area contributed by atoms with Gasteiger partial charge in [0.2, 0.25) is 5.91 Å². The zero-order valence-corrected chi connectivity index (χ0v) is 20.1. The van der Waals surface area contributed by atoms with E-state index in [1.165, 1.54) is 18.3 Å². The molecule has 2 aromatic carbocycles. The fourth-order valence-corrected chi connectivity index (χ4v) is 5.10. The monoisotopic (exact) mass is 490 g/mol. The first kappa shape index (κ1) is 22.7. The number of benzene rings is 2. The van der Waals surface area contributed by atoms with Gasteiger partial charge in [0.15, 0.2) is 11.7 Å². The van der Waals surface area contributed by atoms with Crippen molar-refractivity contribution in [3.63, 3.8) is 0 Å². The number of aryl methyl sites for hydroxylation is 1. The number of rotatable bonds is 5. The van der Waals surface area contributed by atoms with Gasteiger partial charge >= 0.3 is 0 Å². The number of carbonyl (C=O) groups is 4. The molecule has 0 aliphatic carbocycles. The lowest BCUT2D eigenvalue weighted by atomic mass is 10.1. The number of carbonyl (C=O) groups excluding carboxylic acids is 4. The molecule has 0 saturated carbocycles. The second-order valence-corrected chi connectivity index (χ2v) is 9.34. The van der Waals surface area contributed by atoms with Crippen molar-refractivity contribution < 1.29 is 23.9 Å². The van der Waals surface area contributed by atoms with Crippen molar-refractivity contribution in [1.29, 1.82) is 0 Å². The van der Waals surface area contributed by atoms with E-state index in [-0.39, 0.29) is 12.5 Å². The summed E-state index contributed by atoms with van der Waals surface area (Å²) in [5, 5.41) is 3.13. The molecule has 2 aliphatic heterocycles. The van der Waals surface area contributed by atoms with Gasteiger partial charge in [0.1, 0.15) is 11.8 Å². The van der Waals surface area contributed by atoms with Gasteiger partial charge in [-0.15, -0.1) is 11.3 Å². The Kier molecular flexibility index (Phi) is 5.60. The van der Waals surface area contributed by atoms with Gasteiger partial charge in [0, 0.05) is 17.5 Å². The number of nitrogens with one attached hydrogen (secondary N) is 1. The fourth-order valence-electron chi connectivity index (χ4n) is 4.18. The number of nitrogens with zero attached hydrogens (tertiary/aromatic N) is 3. The third-order valence-corrected chi connectivity index (χ3v) is 7.27. The number of aromatic nitrogens is 1. The minimum absolute atomic E-state index is 0.00122. The van der Waals surface area contributed by atoms with Crippen LogP contribution < -0.4 is 15.0 Å². The first-order chi connectivity index (χ1) is 16.8. The van der Waals surface area contributed by atoms with Crippen molar-refractivity contribution in [2.45, 2.75) is 26.3 Å². The van der Waals surface area contributed by atoms with Crippen LogP contribution in [0.5, 0.6) is 5.75 Å². The highest BCUT2D eigenvalue weighted by Gasteiger charge is 2.40. The summed E-state index contributed by atoms with van der Waals surface area (Å²) in [4.78, 5) is 58.6. The predicted molar refractivity (Wildman–Crippen MR) is 131 cm³/mol. The second-order valence-electron chi connectivity index (χ2n) is 8.26. The molecular formula is C25H22N4O5S. The Morgan fingerprint density at radius 2 is 1.83 bits per heavy atom. The summed E-state index contributed by atoms with van der Waals surface area (Å²) in [6.07, 6.45) is 0.680. The lowest BCUT2D eigenvalue weighted by Gasteiger charge is -2.26. The van der Waals surface area contributed by atoms with Crippen molar-refractivity contribution >= 4 is 45.8 Å². The van der Waals surface area contributed by atoms with Crippen molar-refractivity contribution in [3.05, 3.63) is 58.5 Å². The highest BCUT2D eigenvalue weighted by Crippen LogP contribution is 2.38. The number of thiazole rings is 1. The van der Waals surface area contributed by atoms with Gasteiger partial charge in [0.05, 0.1) is 22.5 Å². The van der Waals surface area contributed by atoms with Crippen LogP contribution in [-0.2, 0) is 16.0 Å². The van der Waals surface area contributed by atoms with Crippen LogP contribution in [0.3, 0.4) is 0 Å². The zero-order chi connectivity index (χ0) is 24.9. The molecule has 35 heavy (non-hydrogen) atoms. The average molecular weight is 491 g/mol. The van der Waals surface area contributed by atoms with E-state index in [1.807, 2.05) is 19.1 Å². The first-order valence-corrected chi connectivity index (χ1v) is 11.9. The standard InChI is InChI=1S/C25H22N4O5S/c1-4-19-21(14-9-10-18-17(11-14)28(3)20(30)12-34-18)26-25(35-19)27-22(31)13(2)29-23(32)15-7-5-6-8-16(15)24(29)33/h5-11,13H,4,12H2,1-3H3,(H,26,27,31). The van der Waals surface area contributed by atoms with Crippen LogP contribution in [0.4, 0.5) is 10.8 Å². The summed E-state index contributed by atoms with van der Waals surface area (Å²) >= 11 is 1.33. The van der Waals surface area contributed by atoms with Gasteiger partial charge in [-0.3, -0.25) is 24.1 Å². The van der Waals surface area contributed by atoms with E-state index in [2.05, 4.69) is 10.3 Å². The van der Waals surface area contributed by atoms with Crippen molar-refractivity contribution in [3.8, 4) is 17.0 Å². The molecule has 3 heterocycles. The summed E-state index contributed by atoms with van der Waals surface area (Å²) in [5.41, 5.74) is 2.72. The summed E-state index contributed by atoms with van der Waals surface area (Å²) < 4.78 is 5.50. The summed E-state index contributed by atoms with van der Waals surface area (Å²) in [7, 11) is 1.70. The van der Waals surface area contributed by atoms with Crippen molar-refractivity contribution in [2.24, 2.45) is 0 Å². The Balaban J connectivity index is 1.39. The van der Waals surface area contributed by atoms with Gasteiger partial charge in [-0.2, -0.15) is 0 Å². The van der Waals surface area contributed by atoms with Gasteiger partial charge in [-0.1, -0.05) is 19.1 Å². The Morgan fingerprint density at radius 1 is 1.14 bits per heavy atom. The number of anilines is 2. The number of ether oxygens (including phenoxy) is 1. The van der Waals surface area contributed by atoms with Crippen molar-refractivity contribution in [1.82, 2.24) is 9.88 Å². The van der Waals surface area contributed by atoms with Crippen LogP contribution in [0.1, 0.15) is 39.4 Å². The molecule has 1 unspecified atom stereocenters. The molecule has 178 valence electrons. The Hall–Kier alpha value is -4.05. The number of likely N-dealkylation sites (N-methyl/N-ethyl adjacent to an activating group) is 1. The average Bonchev–Trinajstić information content (AvgIpc) is 3.39. The fraction of sp³-hybridized carbons (Fsp3) is 0.240. The van der Waals surface area contributed by atoms with E-state index >= 15 is 0 Å². The minimum Gasteiger partial charge on any atom is -0.482 e. The molecule has 0 radical (unpaired) electrons. The normalized spacial score (nSPS) is 15.6.